The molecule has 1 heterocycles. The summed E-state index contributed by atoms with van der Waals surface area (Å²) >= 11 is 1.63. The molecule has 0 fully saturated rings. The summed E-state index contributed by atoms with van der Waals surface area (Å²) in [5, 5.41) is 8.85. The molecule has 6 nitrogen and oxygen atoms in total. The highest BCUT2D eigenvalue weighted by Crippen LogP contribution is 2.31. The van der Waals surface area contributed by atoms with Gasteiger partial charge in [0.1, 0.15) is 0 Å². The molecule has 2 amide bonds. The molecule has 3 N–H and O–H groups in total. The maximum absolute atomic E-state index is 12.1. The summed E-state index contributed by atoms with van der Waals surface area (Å²) in [4.78, 5) is 24.7. The van der Waals surface area contributed by atoms with Crippen LogP contribution in [0.5, 0.6) is 0 Å². The average molecular weight is 360 g/mol. The minimum Gasteiger partial charge on any atom is -0.383 e. The van der Waals surface area contributed by atoms with Gasteiger partial charge in [-0.2, -0.15) is 0 Å². The Bertz CT molecular complexity index is 543. The van der Waals surface area contributed by atoms with Gasteiger partial charge in [-0.1, -0.05) is 0 Å². The highest BCUT2D eigenvalue weighted by atomic mass is 35.5. The van der Waals surface area contributed by atoms with E-state index in [1.807, 2.05) is 6.07 Å². The van der Waals surface area contributed by atoms with Crippen LogP contribution >= 0.6 is 24.2 Å². The molecule has 0 bridgehead atoms. The highest BCUT2D eigenvalue weighted by Gasteiger charge is 2.15. The van der Waals surface area contributed by atoms with Crippen LogP contribution in [0.15, 0.2) is 23.1 Å². The largest absolute Gasteiger partial charge is 0.383 e. The third-order valence-electron chi connectivity index (χ3n) is 3.17. The molecule has 2 rings (SSSR count). The summed E-state index contributed by atoms with van der Waals surface area (Å²) in [6, 6.07) is 5.41. The molecule has 128 valence electrons. The number of carbonyl (C=O) groups excluding carboxylic acids is 2. The molecular formula is C15H22ClN3O3S. The molecule has 0 aliphatic carbocycles. The Kier molecular flexibility index (Phi) is 9.01. The number of rotatable bonds is 7. The Labute approximate surface area is 146 Å². The van der Waals surface area contributed by atoms with Gasteiger partial charge in [-0.15, -0.1) is 24.2 Å². The molecule has 0 saturated carbocycles. The van der Waals surface area contributed by atoms with Gasteiger partial charge in [0, 0.05) is 49.4 Å². The van der Waals surface area contributed by atoms with Gasteiger partial charge < -0.3 is 20.7 Å². The maximum atomic E-state index is 12.1. The number of hydrogen-bond donors (Lipinski definition) is 3. The Morgan fingerprint density at radius 2 is 2.17 bits per heavy atom. The standard InChI is InChI=1S/C15H21N3O3S.ClH/c1-21-8-7-16-5-6-17-15(20)11-2-3-13-12(10-11)18-14(19)4-9-22-13;/h2-3,10,16H,4-9H2,1H3,(H,17,20)(H,18,19);1H. The summed E-state index contributed by atoms with van der Waals surface area (Å²) in [6.45, 7) is 2.64. The van der Waals surface area contributed by atoms with Crippen molar-refractivity contribution in [1.29, 1.82) is 0 Å². The number of nitrogens with one attached hydrogen (secondary N) is 3. The van der Waals surface area contributed by atoms with Crippen molar-refractivity contribution in [2.24, 2.45) is 0 Å². The number of benzene rings is 1. The summed E-state index contributed by atoms with van der Waals surface area (Å²) in [5.74, 6) is 0.614. The lowest BCUT2D eigenvalue weighted by atomic mass is 10.2. The first kappa shape index (κ1) is 19.8. The van der Waals surface area contributed by atoms with Crippen LogP contribution in [0.25, 0.3) is 0 Å². The normalized spacial score (nSPS) is 13.3. The van der Waals surface area contributed by atoms with Gasteiger partial charge in [0.2, 0.25) is 5.91 Å². The zero-order valence-corrected chi connectivity index (χ0v) is 14.6. The van der Waals surface area contributed by atoms with Gasteiger partial charge in [0.25, 0.3) is 5.91 Å². The third kappa shape index (κ3) is 6.39. The molecule has 0 aromatic heterocycles. The van der Waals surface area contributed by atoms with Crippen molar-refractivity contribution >= 4 is 41.7 Å². The van der Waals surface area contributed by atoms with E-state index in [9.17, 15) is 9.59 Å². The van der Waals surface area contributed by atoms with Crippen LogP contribution < -0.4 is 16.0 Å². The lowest BCUT2D eigenvalue weighted by Gasteiger charge is -2.10. The SMILES string of the molecule is COCCNCCNC(=O)c1ccc2c(c1)NC(=O)CCS2.Cl. The lowest BCUT2D eigenvalue weighted by Crippen LogP contribution is -2.33. The smallest absolute Gasteiger partial charge is 0.251 e. The van der Waals surface area contributed by atoms with E-state index in [0.717, 1.165) is 22.9 Å². The van der Waals surface area contributed by atoms with E-state index in [1.165, 1.54) is 0 Å². The molecule has 0 unspecified atom stereocenters. The number of fused-ring (bicyclic) bond motifs is 1. The predicted octanol–water partition coefficient (Wildman–Crippen LogP) is 1.51. The molecule has 1 aromatic carbocycles. The van der Waals surface area contributed by atoms with E-state index < -0.39 is 0 Å². The van der Waals surface area contributed by atoms with Crippen molar-refractivity contribution in [3.63, 3.8) is 0 Å². The maximum Gasteiger partial charge on any atom is 0.251 e. The second-order valence-corrected chi connectivity index (χ2v) is 5.99. The van der Waals surface area contributed by atoms with Gasteiger partial charge in [0.05, 0.1) is 12.3 Å². The molecule has 23 heavy (non-hydrogen) atoms. The monoisotopic (exact) mass is 359 g/mol. The van der Waals surface area contributed by atoms with Crippen molar-refractivity contribution in [2.75, 3.05) is 44.4 Å². The van der Waals surface area contributed by atoms with Crippen molar-refractivity contribution in [3.05, 3.63) is 23.8 Å². The minimum atomic E-state index is -0.139. The first-order valence-corrected chi connectivity index (χ1v) is 8.24. The Balaban J connectivity index is 0.00000264. The van der Waals surface area contributed by atoms with Crippen molar-refractivity contribution in [3.8, 4) is 0 Å². The number of ether oxygens (including phenoxy) is 1. The fourth-order valence-electron chi connectivity index (χ4n) is 2.03. The van der Waals surface area contributed by atoms with Crippen LogP contribution in [0, 0.1) is 0 Å². The molecular weight excluding hydrogens is 338 g/mol. The van der Waals surface area contributed by atoms with Crippen LogP contribution in [0.1, 0.15) is 16.8 Å². The summed E-state index contributed by atoms with van der Waals surface area (Å²) in [5.41, 5.74) is 1.27. The van der Waals surface area contributed by atoms with Crippen molar-refractivity contribution in [2.45, 2.75) is 11.3 Å². The van der Waals surface area contributed by atoms with Gasteiger partial charge in [0.15, 0.2) is 0 Å². The topological polar surface area (TPSA) is 79.5 Å². The fourth-order valence-corrected chi connectivity index (χ4v) is 2.96. The van der Waals surface area contributed by atoms with Gasteiger partial charge in [-0.05, 0) is 18.2 Å². The predicted molar refractivity (Wildman–Crippen MR) is 94.7 cm³/mol. The van der Waals surface area contributed by atoms with Gasteiger partial charge in [-0.3, -0.25) is 9.59 Å². The van der Waals surface area contributed by atoms with Crippen LogP contribution in [0.4, 0.5) is 5.69 Å². The number of halogens is 1. The van der Waals surface area contributed by atoms with Crippen LogP contribution in [0.3, 0.4) is 0 Å². The average Bonchev–Trinajstić information content (AvgIpc) is 2.70. The van der Waals surface area contributed by atoms with E-state index in [1.54, 1.807) is 31.0 Å². The first-order chi connectivity index (χ1) is 10.7. The molecule has 1 aliphatic heterocycles. The number of thioether (sulfide) groups is 1. The fraction of sp³-hybridized carbons (Fsp3) is 0.467. The summed E-state index contributed by atoms with van der Waals surface area (Å²) in [7, 11) is 1.65. The van der Waals surface area contributed by atoms with E-state index in [-0.39, 0.29) is 24.2 Å². The Hall–Kier alpha value is -1.28. The number of hydrogen-bond acceptors (Lipinski definition) is 5. The molecule has 0 atom stereocenters. The summed E-state index contributed by atoms with van der Waals surface area (Å²) in [6.07, 6.45) is 0.494. The molecule has 8 heteroatoms. The van der Waals surface area contributed by atoms with Crippen molar-refractivity contribution in [1.82, 2.24) is 10.6 Å². The van der Waals surface area contributed by atoms with Crippen molar-refractivity contribution < 1.29 is 14.3 Å². The van der Waals surface area contributed by atoms with Gasteiger partial charge in [-0.25, -0.2) is 0 Å². The van der Waals surface area contributed by atoms with Crippen LogP contribution in [0.2, 0.25) is 0 Å². The van der Waals surface area contributed by atoms with E-state index in [0.29, 0.717) is 31.7 Å². The second kappa shape index (κ2) is 10.5. The first-order valence-electron chi connectivity index (χ1n) is 7.25. The number of anilines is 1. The zero-order chi connectivity index (χ0) is 15.8. The number of carbonyl (C=O) groups is 2. The Morgan fingerprint density at radius 1 is 1.35 bits per heavy atom. The number of amides is 2. The molecule has 1 aliphatic rings. The van der Waals surface area contributed by atoms with E-state index in [4.69, 9.17) is 4.74 Å². The second-order valence-electron chi connectivity index (χ2n) is 4.86. The number of methoxy groups -OCH3 is 1. The van der Waals surface area contributed by atoms with E-state index in [2.05, 4.69) is 16.0 Å². The molecule has 0 radical (unpaired) electrons. The third-order valence-corrected chi connectivity index (χ3v) is 4.25. The minimum absolute atomic E-state index is 0. The van der Waals surface area contributed by atoms with Gasteiger partial charge >= 0.3 is 0 Å². The highest BCUT2D eigenvalue weighted by molar-refractivity contribution is 7.99. The quantitative estimate of drug-likeness (QED) is 0.643. The lowest BCUT2D eigenvalue weighted by molar-refractivity contribution is -0.115. The zero-order valence-electron chi connectivity index (χ0n) is 13.0. The molecule has 0 saturated heterocycles. The van der Waals surface area contributed by atoms with Crippen LogP contribution in [-0.4, -0.2) is 50.9 Å². The molecule has 0 spiro atoms. The Morgan fingerprint density at radius 3 is 2.96 bits per heavy atom. The molecule has 1 aromatic rings. The van der Waals surface area contributed by atoms with Crippen LogP contribution in [-0.2, 0) is 9.53 Å². The van der Waals surface area contributed by atoms with E-state index >= 15 is 0 Å². The summed E-state index contributed by atoms with van der Waals surface area (Å²) < 4.78 is 4.92.